The van der Waals surface area contributed by atoms with E-state index in [9.17, 15) is 15.2 Å². The van der Waals surface area contributed by atoms with Gasteiger partial charge in [0.1, 0.15) is 5.01 Å². The summed E-state index contributed by atoms with van der Waals surface area (Å²) in [7, 11) is 0. The standard InChI is InChI=1S/C17H10N2O3S/c20-16-12(17-18-13-7-3-4-8-14(13)23-17)9-10-5-1-2-6-11(10)15(16)19(21)22/h1-9,20H. The number of rotatable bonds is 2. The number of thiazole rings is 1. The van der Waals surface area contributed by atoms with Crippen LogP contribution in [0, 0.1) is 10.1 Å². The van der Waals surface area contributed by atoms with Gasteiger partial charge in [-0.1, -0.05) is 30.3 Å². The number of hydrogen-bond donors (Lipinski definition) is 1. The van der Waals surface area contributed by atoms with Crippen LogP contribution >= 0.6 is 11.3 Å². The summed E-state index contributed by atoms with van der Waals surface area (Å²) in [6.45, 7) is 0. The third-order valence-corrected chi connectivity index (χ3v) is 4.77. The fraction of sp³-hybridized carbons (Fsp3) is 0. The molecule has 0 spiro atoms. The predicted molar refractivity (Wildman–Crippen MR) is 90.9 cm³/mol. The van der Waals surface area contributed by atoms with Crippen LogP contribution in [0.3, 0.4) is 0 Å². The van der Waals surface area contributed by atoms with Crippen molar-refractivity contribution in [3.8, 4) is 16.3 Å². The molecule has 0 radical (unpaired) electrons. The lowest BCUT2D eigenvalue weighted by Gasteiger charge is -2.06. The molecule has 1 aromatic heterocycles. The lowest BCUT2D eigenvalue weighted by molar-refractivity contribution is -0.384. The summed E-state index contributed by atoms with van der Waals surface area (Å²) in [5.74, 6) is -0.340. The van der Waals surface area contributed by atoms with Gasteiger partial charge < -0.3 is 5.11 Å². The van der Waals surface area contributed by atoms with E-state index in [0.717, 1.165) is 10.2 Å². The van der Waals surface area contributed by atoms with E-state index in [1.54, 1.807) is 24.3 Å². The average Bonchev–Trinajstić information content (AvgIpc) is 2.97. The predicted octanol–water partition coefficient (Wildman–Crippen LogP) is 4.73. The molecule has 5 nitrogen and oxygen atoms in total. The molecule has 0 atom stereocenters. The second kappa shape index (κ2) is 5.03. The van der Waals surface area contributed by atoms with Gasteiger partial charge in [-0.05, 0) is 29.7 Å². The van der Waals surface area contributed by atoms with Crippen LogP contribution in [0.1, 0.15) is 0 Å². The Balaban J connectivity index is 2.07. The van der Waals surface area contributed by atoms with Crippen molar-refractivity contribution in [3.63, 3.8) is 0 Å². The fourth-order valence-electron chi connectivity index (χ4n) is 2.65. The van der Waals surface area contributed by atoms with Crippen LogP contribution in [0.5, 0.6) is 5.75 Å². The van der Waals surface area contributed by atoms with E-state index in [1.807, 2.05) is 30.3 Å². The molecule has 4 aromatic rings. The van der Waals surface area contributed by atoms with Crippen LogP contribution < -0.4 is 0 Å². The molecule has 1 N–H and O–H groups in total. The van der Waals surface area contributed by atoms with Crippen molar-refractivity contribution in [1.29, 1.82) is 0 Å². The Bertz CT molecular complexity index is 1040. The molecule has 0 aliphatic heterocycles. The Morgan fingerprint density at radius 2 is 1.83 bits per heavy atom. The SMILES string of the molecule is O=[N+]([O-])c1c(O)c(-c2nc3ccccc3s2)cc2ccccc12. The number of phenols is 1. The van der Waals surface area contributed by atoms with E-state index in [0.29, 0.717) is 21.3 Å². The van der Waals surface area contributed by atoms with Crippen LogP contribution in [0.4, 0.5) is 5.69 Å². The maximum Gasteiger partial charge on any atom is 0.319 e. The zero-order valence-electron chi connectivity index (χ0n) is 11.8. The first-order valence-electron chi connectivity index (χ1n) is 6.90. The summed E-state index contributed by atoms with van der Waals surface area (Å²) in [6, 6.07) is 16.3. The van der Waals surface area contributed by atoms with Gasteiger partial charge in [-0.25, -0.2) is 4.98 Å². The molecule has 4 rings (SSSR count). The van der Waals surface area contributed by atoms with Crippen LogP contribution in [0.25, 0.3) is 31.6 Å². The molecular formula is C17H10N2O3S. The molecule has 0 amide bonds. The van der Waals surface area contributed by atoms with Gasteiger partial charge in [0.15, 0.2) is 0 Å². The van der Waals surface area contributed by atoms with Gasteiger partial charge in [-0.2, -0.15) is 0 Å². The third-order valence-electron chi connectivity index (χ3n) is 3.70. The normalized spacial score (nSPS) is 11.1. The van der Waals surface area contributed by atoms with Gasteiger partial charge in [0, 0.05) is 0 Å². The number of para-hydroxylation sites is 1. The molecule has 0 aliphatic carbocycles. The number of nitro benzene ring substituents is 1. The number of aromatic nitrogens is 1. The monoisotopic (exact) mass is 322 g/mol. The summed E-state index contributed by atoms with van der Waals surface area (Å²) in [5.41, 5.74) is 0.914. The number of nitro groups is 1. The number of nitrogens with zero attached hydrogens (tertiary/aromatic N) is 2. The van der Waals surface area contributed by atoms with Crippen molar-refractivity contribution in [1.82, 2.24) is 4.98 Å². The summed E-state index contributed by atoms with van der Waals surface area (Å²) < 4.78 is 0.970. The van der Waals surface area contributed by atoms with Crippen molar-refractivity contribution in [2.75, 3.05) is 0 Å². The summed E-state index contributed by atoms with van der Waals surface area (Å²) in [5, 5.41) is 23.6. The zero-order chi connectivity index (χ0) is 16.0. The summed E-state index contributed by atoms with van der Waals surface area (Å²) in [6.07, 6.45) is 0. The number of phenolic OH excluding ortho intramolecular Hbond substituents is 1. The zero-order valence-corrected chi connectivity index (χ0v) is 12.6. The smallest absolute Gasteiger partial charge is 0.319 e. The Morgan fingerprint density at radius 1 is 1.09 bits per heavy atom. The number of benzene rings is 3. The largest absolute Gasteiger partial charge is 0.502 e. The Kier molecular flexibility index (Phi) is 2.99. The van der Waals surface area contributed by atoms with Crippen LogP contribution in [-0.4, -0.2) is 15.0 Å². The van der Waals surface area contributed by atoms with Crippen LogP contribution in [-0.2, 0) is 0 Å². The molecule has 23 heavy (non-hydrogen) atoms. The average molecular weight is 322 g/mol. The maximum absolute atomic E-state index is 11.4. The van der Waals surface area contributed by atoms with E-state index >= 15 is 0 Å². The molecule has 0 unspecified atom stereocenters. The van der Waals surface area contributed by atoms with Gasteiger partial charge in [-0.15, -0.1) is 11.3 Å². The quantitative estimate of drug-likeness (QED) is 0.427. The minimum Gasteiger partial charge on any atom is -0.502 e. The molecule has 0 aliphatic rings. The first-order valence-corrected chi connectivity index (χ1v) is 7.72. The van der Waals surface area contributed by atoms with Gasteiger partial charge >= 0.3 is 5.69 Å². The van der Waals surface area contributed by atoms with Crippen LogP contribution in [0.2, 0.25) is 0 Å². The summed E-state index contributed by atoms with van der Waals surface area (Å²) in [4.78, 5) is 15.4. The molecule has 3 aromatic carbocycles. The Morgan fingerprint density at radius 3 is 2.61 bits per heavy atom. The van der Waals surface area contributed by atoms with E-state index in [1.165, 1.54) is 11.3 Å². The number of fused-ring (bicyclic) bond motifs is 2. The molecule has 1 heterocycles. The van der Waals surface area contributed by atoms with Crippen molar-refractivity contribution >= 4 is 38.0 Å². The lowest BCUT2D eigenvalue weighted by Crippen LogP contribution is -1.92. The summed E-state index contributed by atoms with van der Waals surface area (Å²) >= 11 is 1.40. The molecule has 112 valence electrons. The second-order valence-electron chi connectivity index (χ2n) is 5.09. The van der Waals surface area contributed by atoms with Gasteiger partial charge in [0.2, 0.25) is 5.75 Å². The number of hydrogen-bond acceptors (Lipinski definition) is 5. The Labute approximate surface area is 134 Å². The highest BCUT2D eigenvalue weighted by Gasteiger charge is 2.24. The first-order chi connectivity index (χ1) is 11.1. The highest BCUT2D eigenvalue weighted by atomic mass is 32.1. The highest BCUT2D eigenvalue weighted by Crippen LogP contribution is 2.44. The Hall–Kier alpha value is -2.99. The van der Waals surface area contributed by atoms with E-state index < -0.39 is 4.92 Å². The molecule has 6 heteroatoms. The second-order valence-corrected chi connectivity index (χ2v) is 6.12. The molecule has 0 bridgehead atoms. The van der Waals surface area contributed by atoms with Gasteiger partial charge in [-0.3, -0.25) is 10.1 Å². The van der Waals surface area contributed by atoms with Crippen molar-refractivity contribution < 1.29 is 10.0 Å². The van der Waals surface area contributed by atoms with E-state index in [-0.39, 0.29) is 11.4 Å². The number of aromatic hydroxyl groups is 1. The van der Waals surface area contributed by atoms with Gasteiger partial charge in [0.05, 0.1) is 26.1 Å². The van der Waals surface area contributed by atoms with Crippen molar-refractivity contribution in [3.05, 3.63) is 64.7 Å². The lowest BCUT2D eigenvalue weighted by atomic mass is 10.0. The third kappa shape index (κ3) is 2.11. The fourth-order valence-corrected chi connectivity index (χ4v) is 3.64. The van der Waals surface area contributed by atoms with Gasteiger partial charge in [0.25, 0.3) is 0 Å². The highest BCUT2D eigenvalue weighted by molar-refractivity contribution is 7.21. The van der Waals surface area contributed by atoms with E-state index in [4.69, 9.17) is 0 Å². The van der Waals surface area contributed by atoms with Crippen molar-refractivity contribution in [2.45, 2.75) is 0 Å². The minimum atomic E-state index is -0.547. The molecule has 0 saturated heterocycles. The first kappa shape index (κ1) is 13.7. The topological polar surface area (TPSA) is 76.3 Å². The minimum absolute atomic E-state index is 0.280. The van der Waals surface area contributed by atoms with E-state index in [2.05, 4.69) is 4.98 Å². The van der Waals surface area contributed by atoms with Crippen molar-refractivity contribution in [2.24, 2.45) is 0 Å². The molecular weight excluding hydrogens is 312 g/mol. The molecule has 0 fully saturated rings. The maximum atomic E-state index is 11.4. The van der Waals surface area contributed by atoms with Crippen LogP contribution in [0.15, 0.2) is 54.6 Å². The molecule has 0 saturated carbocycles.